The lowest BCUT2D eigenvalue weighted by molar-refractivity contribution is 0.00703. The minimum absolute atomic E-state index is 0.289. The average molecular weight is 509 g/mol. The first-order valence-electron chi connectivity index (χ1n) is 14.1. The second-order valence-electron chi connectivity index (χ2n) is 12.0. The molecule has 0 spiro atoms. The fourth-order valence-corrected chi connectivity index (χ4v) is 5.66. The maximum Gasteiger partial charge on any atom is 0.339 e. The van der Waals surface area contributed by atoms with Crippen molar-refractivity contribution in [2.45, 2.75) is 85.3 Å². The zero-order valence-electron chi connectivity index (χ0n) is 23.5. The van der Waals surface area contributed by atoms with E-state index in [2.05, 4.69) is 42.7 Å². The molecule has 0 saturated heterocycles. The number of hydrogen-bond acceptors (Lipinski definition) is 3. The van der Waals surface area contributed by atoms with Crippen molar-refractivity contribution in [3.8, 4) is 11.1 Å². The van der Waals surface area contributed by atoms with Crippen LogP contribution in [0.3, 0.4) is 0 Å². The highest BCUT2D eigenvalue weighted by molar-refractivity contribution is 5.97. The van der Waals surface area contributed by atoms with Gasteiger partial charge in [0.1, 0.15) is 11.4 Å². The van der Waals surface area contributed by atoms with Gasteiger partial charge in [-0.3, -0.25) is 0 Å². The van der Waals surface area contributed by atoms with Crippen LogP contribution < -0.4 is 0 Å². The Kier molecular flexibility index (Phi) is 7.43. The highest BCUT2D eigenvalue weighted by Crippen LogP contribution is 2.31. The fourth-order valence-electron chi connectivity index (χ4n) is 5.66. The van der Waals surface area contributed by atoms with Crippen LogP contribution in [-0.4, -0.2) is 21.1 Å². The molecule has 1 aliphatic carbocycles. The molecule has 4 aromatic rings. The van der Waals surface area contributed by atoms with Crippen LogP contribution in [0.2, 0.25) is 0 Å². The monoisotopic (exact) mass is 508 g/mol. The molecule has 4 heteroatoms. The van der Waals surface area contributed by atoms with Crippen LogP contribution in [0.4, 0.5) is 0 Å². The van der Waals surface area contributed by atoms with Crippen molar-refractivity contribution in [3.63, 3.8) is 0 Å². The zero-order chi connectivity index (χ0) is 26.9. The molecular weight excluding hydrogens is 468 g/mol. The summed E-state index contributed by atoms with van der Waals surface area (Å²) in [5, 5.41) is 0. The van der Waals surface area contributed by atoms with E-state index < -0.39 is 5.60 Å². The Hall–Kier alpha value is -3.40. The molecule has 1 fully saturated rings. The molecule has 1 heterocycles. The van der Waals surface area contributed by atoms with Crippen LogP contribution in [0.1, 0.15) is 85.7 Å². The van der Waals surface area contributed by atoms with Gasteiger partial charge in [-0.15, -0.1) is 0 Å². The highest BCUT2D eigenvalue weighted by atomic mass is 16.6. The quantitative estimate of drug-likeness (QED) is 0.245. The topological polar surface area (TPSA) is 44.1 Å². The van der Waals surface area contributed by atoms with Gasteiger partial charge in [0, 0.05) is 13.0 Å². The molecule has 4 nitrogen and oxygen atoms in total. The minimum Gasteiger partial charge on any atom is -0.456 e. The van der Waals surface area contributed by atoms with Crippen LogP contribution in [0.15, 0.2) is 60.7 Å². The Bertz CT molecular complexity index is 1440. The Balaban J connectivity index is 1.57. The van der Waals surface area contributed by atoms with Gasteiger partial charge >= 0.3 is 5.97 Å². The van der Waals surface area contributed by atoms with Gasteiger partial charge in [-0.1, -0.05) is 74.6 Å². The maximum absolute atomic E-state index is 13.4. The molecule has 198 valence electrons. The largest absolute Gasteiger partial charge is 0.456 e. The number of carbonyl (C=O) groups excluding carboxylic acids is 1. The van der Waals surface area contributed by atoms with E-state index in [4.69, 9.17) is 9.72 Å². The summed E-state index contributed by atoms with van der Waals surface area (Å²) in [5.74, 6) is 1.56. The second kappa shape index (κ2) is 10.8. The summed E-state index contributed by atoms with van der Waals surface area (Å²) >= 11 is 0. The number of imidazole rings is 1. The van der Waals surface area contributed by atoms with Crippen molar-refractivity contribution in [1.82, 2.24) is 9.55 Å². The first-order chi connectivity index (χ1) is 18.2. The van der Waals surface area contributed by atoms with Crippen LogP contribution in [0, 0.1) is 19.8 Å². The molecule has 0 N–H and O–H groups in total. The number of rotatable bonds is 6. The van der Waals surface area contributed by atoms with Gasteiger partial charge in [0.15, 0.2) is 0 Å². The Morgan fingerprint density at radius 1 is 0.947 bits per heavy atom. The molecule has 1 aromatic heterocycles. The van der Waals surface area contributed by atoms with E-state index in [0.29, 0.717) is 18.0 Å². The second-order valence-corrected chi connectivity index (χ2v) is 12.0. The van der Waals surface area contributed by atoms with Gasteiger partial charge in [-0.05, 0) is 86.6 Å². The van der Waals surface area contributed by atoms with Crippen molar-refractivity contribution < 1.29 is 9.53 Å². The van der Waals surface area contributed by atoms with E-state index in [-0.39, 0.29) is 5.97 Å². The third kappa shape index (κ3) is 5.85. The van der Waals surface area contributed by atoms with Crippen LogP contribution in [0.25, 0.3) is 22.2 Å². The average Bonchev–Trinajstić information content (AvgIpc) is 3.19. The third-order valence-electron chi connectivity index (χ3n) is 7.77. The van der Waals surface area contributed by atoms with Gasteiger partial charge in [0.2, 0.25) is 0 Å². The van der Waals surface area contributed by atoms with Crippen molar-refractivity contribution in [2.24, 2.45) is 5.92 Å². The van der Waals surface area contributed by atoms with E-state index in [0.717, 1.165) is 34.5 Å². The summed E-state index contributed by atoms with van der Waals surface area (Å²) in [6.07, 6.45) is 7.58. The Morgan fingerprint density at radius 2 is 1.66 bits per heavy atom. The number of aryl methyl sites for hydroxylation is 2. The van der Waals surface area contributed by atoms with E-state index in [1.54, 1.807) is 0 Å². The number of nitrogens with zero attached hydrogens (tertiary/aromatic N) is 2. The number of hydrogen-bond donors (Lipinski definition) is 0. The van der Waals surface area contributed by atoms with Gasteiger partial charge in [-0.2, -0.15) is 0 Å². The van der Waals surface area contributed by atoms with Crippen molar-refractivity contribution in [1.29, 1.82) is 0 Å². The van der Waals surface area contributed by atoms with Crippen LogP contribution >= 0.6 is 0 Å². The molecule has 5 rings (SSSR count). The highest BCUT2D eigenvalue weighted by Gasteiger charge is 2.23. The standard InChI is InChI=1S/C34H40N2O2/c1-23-18-30-31(19-24(23)2)36(32(35-30)21-25-12-8-6-9-13-25)22-26-16-17-28(27-14-10-7-11-15-27)29(20-26)33(37)38-34(3,4)5/h7,10-11,14-20,25H,6,8-9,12-13,21-22H2,1-5H3. The molecule has 0 aliphatic heterocycles. The Labute approximate surface area is 227 Å². The number of fused-ring (bicyclic) bond motifs is 1. The lowest BCUT2D eigenvalue weighted by Crippen LogP contribution is -2.24. The summed E-state index contributed by atoms with van der Waals surface area (Å²) in [7, 11) is 0. The summed E-state index contributed by atoms with van der Waals surface area (Å²) in [6, 6.07) is 20.8. The lowest BCUT2D eigenvalue weighted by Gasteiger charge is -2.22. The van der Waals surface area contributed by atoms with E-state index in [1.807, 2.05) is 57.2 Å². The summed E-state index contributed by atoms with van der Waals surface area (Å²) in [5.41, 5.74) is 7.80. The van der Waals surface area contributed by atoms with Crippen molar-refractivity contribution >= 4 is 17.0 Å². The van der Waals surface area contributed by atoms with Gasteiger partial charge < -0.3 is 9.30 Å². The molecule has 3 aromatic carbocycles. The predicted molar refractivity (Wildman–Crippen MR) is 156 cm³/mol. The molecule has 0 atom stereocenters. The van der Waals surface area contributed by atoms with E-state index in [9.17, 15) is 4.79 Å². The molecule has 1 saturated carbocycles. The Morgan fingerprint density at radius 3 is 2.37 bits per heavy atom. The van der Waals surface area contributed by atoms with Crippen LogP contribution in [0.5, 0.6) is 0 Å². The molecule has 38 heavy (non-hydrogen) atoms. The summed E-state index contributed by atoms with van der Waals surface area (Å²) < 4.78 is 8.22. The molecular formula is C34H40N2O2. The predicted octanol–water partition coefficient (Wildman–Crippen LogP) is 8.45. The van der Waals surface area contributed by atoms with E-state index >= 15 is 0 Å². The molecule has 0 radical (unpaired) electrons. The number of benzene rings is 3. The van der Waals surface area contributed by atoms with E-state index in [1.165, 1.54) is 48.7 Å². The normalized spacial score (nSPS) is 14.7. The van der Waals surface area contributed by atoms with Crippen molar-refractivity contribution in [2.75, 3.05) is 0 Å². The number of aromatic nitrogens is 2. The molecule has 0 amide bonds. The lowest BCUT2D eigenvalue weighted by atomic mass is 9.87. The summed E-state index contributed by atoms with van der Waals surface area (Å²) in [6.45, 7) is 10.7. The van der Waals surface area contributed by atoms with Crippen LogP contribution in [-0.2, 0) is 17.7 Å². The zero-order valence-corrected chi connectivity index (χ0v) is 23.5. The third-order valence-corrected chi connectivity index (χ3v) is 7.77. The smallest absolute Gasteiger partial charge is 0.339 e. The first-order valence-corrected chi connectivity index (χ1v) is 14.1. The van der Waals surface area contributed by atoms with Gasteiger partial charge in [-0.25, -0.2) is 9.78 Å². The molecule has 1 aliphatic rings. The minimum atomic E-state index is -0.565. The maximum atomic E-state index is 13.4. The van der Waals surface area contributed by atoms with Gasteiger partial charge in [0.25, 0.3) is 0 Å². The fraction of sp³-hybridized carbons (Fsp3) is 0.412. The first kappa shape index (κ1) is 26.2. The summed E-state index contributed by atoms with van der Waals surface area (Å²) in [4.78, 5) is 18.5. The number of esters is 1. The molecule has 0 unspecified atom stereocenters. The number of ether oxygens (including phenoxy) is 1. The number of carbonyl (C=O) groups is 1. The van der Waals surface area contributed by atoms with Gasteiger partial charge in [0.05, 0.1) is 16.6 Å². The van der Waals surface area contributed by atoms with Crippen molar-refractivity contribution in [3.05, 3.63) is 88.7 Å². The SMILES string of the molecule is Cc1cc2nc(CC3CCCCC3)n(Cc3ccc(-c4ccccc4)c(C(=O)OC(C)(C)C)c3)c2cc1C. The molecule has 0 bridgehead atoms.